The van der Waals surface area contributed by atoms with Crippen molar-refractivity contribution in [1.29, 1.82) is 0 Å². The number of carbonyl (C=O) groups excluding carboxylic acids is 1. The zero-order valence-electron chi connectivity index (χ0n) is 19.1. The number of rotatable bonds is 23. The lowest BCUT2D eigenvalue weighted by Gasteiger charge is -2.07. The Labute approximate surface area is 183 Å². The smallest absolute Gasteiger partial charge is 0.356 e. The van der Waals surface area contributed by atoms with E-state index in [2.05, 4.69) is 21.4 Å². The molecule has 0 aliphatic rings. The molecule has 1 atom stereocenters. The summed E-state index contributed by atoms with van der Waals surface area (Å²) < 4.78 is 18.7. The Kier molecular flexibility index (Phi) is 21.4. The summed E-state index contributed by atoms with van der Waals surface area (Å²) in [5, 5.41) is 11.1. The van der Waals surface area contributed by atoms with Crippen molar-refractivity contribution >= 4 is 13.7 Å². The van der Waals surface area contributed by atoms with Crippen LogP contribution in [0.25, 0.3) is 0 Å². The van der Waals surface area contributed by atoms with E-state index in [-0.39, 0.29) is 12.5 Å². The number of unbranched alkanes of at least 4 members (excludes halogenated alkanes) is 15. The average Bonchev–Trinajstić information content (AvgIpc) is 2.73. The lowest BCUT2D eigenvalue weighted by molar-refractivity contribution is -0.162. The summed E-state index contributed by atoms with van der Waals surface area (Å²) in [6.07, 6.45) is 20.8. The Bertz CT molecular complexity index is 436. The molecule has 0 heterocycles. The maximum atomic E-state index is 11.8. The van der Waals surface area contributed by atoms with E-state index in [1.165, 1.54) is 70.6 Å². The third-order valence-electron chi connectivity index (χ3n) is 5.26. The van der Waals surface area contributed by atoms with E-state index in [9.17, 15) is 9.36 Å². The first-order valence-corrected chi connectivity index (χ1v) is 13.6. The van der Waals surface area contributed by atoms with Gasteiger partial charge in [0.15, 0.2) is 0 Å². The van der Waals surface area contributed by atoms with Gasteiger partial charge < -0.3 is 10.2 Å². The fourth-order valence-electron chi connectivity index (χ4n) is 3.40. The second-order valence-electron chi connectivity index (χ2n) is 8.14. The zero-order valence-corrected chi connectivity index (χ0v) is 20.0. The molecule has 3 N–H and O–H groups in total. The van der Waals surface area contributed by atoms with Gasteiger partial charge in [0, 0.05) is 13.0 Å². The number of phosphoric ester groups is 1. The molecule has 0 fully saturated rings. The molecule has 0 aliphatic heterocycles. The molecule has 0 saturated carbocycles. The Morgan fingerprint density at radius 3 is 1.77 bits per heavy atom. The van der Waals surface area contributed by atoms with Crippen LogP contribution in [0.2, 0.25) is 0 Å². The predicted octanol–water partition coefficient (Wildman–Crippen LogP) is 6.75. The summed E-state index contributed by atoms with van der Waals surface area (Å²) in [5.74, 6) is 0.128. The summed E-state index contributed by atoms with van der Waals surface area (Å²) in [4.78, 5) is 20.6. The molecule has 1 unspecified atom stereocenters. The Morgan fingerprint density at radius 2 is 1.23 bits per heavy atom. The topological polar surface area (TPSA) is 105 Å². The predicted molar refractivity (Wildman–Crippen MR) is 121 cm³/mol. The molecule has 0 bridgehead atoms. The van der Waals surface area contributed by atoms with Gasteiger partial charge in [0.25, 0.3) is 0 Å². The van der Waals surface area contributed by atoms with Crippen molar-refractivity contribution in [3.8, 4) is 0 Å². The van der Waals surface area contributed by atoms with Crippen LogP contribution < -0.4 is 5.32 Å². The molecule has 0 spiro atoms. The molecule has 7 nitrogen and oxygen atoms in total. The lowest BCUT2D eigenvalue weighted by atomic mass is 10.0. The summed E-state index contributed by atoms with van der Waals surface area (Å²) >= 11 is 0. The standard InChI is InChI=1S/C22H46NO6P/c1-2-3-4-5-6-7-8-9-10-11-12-13-16-19-22(24)23-20-17-14-15-18-21-28-30(26,27)29-25/h25H,2-21H2,1H3,(H,23,24)(H,26,27). The molecule has 1 amide bonds. The van der Waals surface area contributed by atoms with Crippen LogP contribution in [0.1, 0.15) is 122 Å². The van der Waals surface area contributed by atoms with Gasteiger partial charge in [-0.1, -0.05) is 96.8 Å². The van der Waals surface area contributed by atoms with Gasteiger partial charge in [0.1, 0.15) is 0 Å². The SMILES string of the molecule is CCCCCCCCCCCCCCCC(=O)NCCCCCCOP(=O)(O)OO. The highest BCUT2D eigenvalue weighted by Gasteiger charge is 2.19. The number of carbonyl (C=O) groups is 1. The number of phosphoric acid groups is 1. The minimum absolute atomic E-state index is 0.0553. The van der Waals surface area contributed by atoms with Gasteiger partial charge in [-0.25, -0.2) is 9.82 Å². The Morgan fingerprint density at radius 1 is 0.767 bits per heavy atom. The van der Waals surface area contributed by atoms with E-state index in [0.717, 1.165) is 32.1 Å². The molecular formula is C22H46NO6P. The van der Waals surface area contributed by atoms with E-state index in [1.54, 1.807) is 0 Å². The Hall–Kier alpha value is -0.460. The highest BCUT2D eigenvalue weighted by Crippen LogP contribution is 2.41. The van der Waals surface area contributed by atoms with E-state index in [1.807, 2.05) is 0 Å². The first-order chi connectivity index (χ1) is 14.5. The normalized spacial score (nSPS) is 13.3. The van der Waals surface area contributed by atoms with Crippen LogP contribution in [0.15, 0.2) is 0 Å². The molecule has 0 rings (SSSR count). The molecule has 0 aromatic rings. The number of hydrogen-bond donors (Lipinski definition) is 3. The van der Waals surface area contributed by atoms with Crippen LogP contribution in [0.3, 0.4) is 0 Å². The first-order valence-electron chi connectivity index (χ1n) is 12.1. The summed E-state index contributed by atoms with van der Waals surface area (Å²) in [5.41, 5.74) is 0. The molecule has 8 heteroatoms. The van der Waals surface area contributed by atoms with Crippen LogP contribution in [-0.4, -0.2) is 29.2 Å². The Balaban J connectivity index is 3.23. The maximum Gasteiger partial charge on any atom is 0.499 e. The van der Waals surface area contributed by atoms with Gasteiger partial charge >= 0.3 is 7.82 Å². The van der Waals surface area contributed by atoms with Gasteiger partial charge in [-0.15, -0.1) is 4.67 Å². The second-order valence-corrected chi connectivity index (χ2v) is 9.50. The highest BCUT2D eigenvalue weighted by atomic mass is 31.2. The molecule has 0 aromatic carbocycles. The minimum Gasteiger partial charge on any atom is -0.356 e. The number of nitrogens with one attached hydrogen (secondary N) is 1. The number of hydrogen-bond acceptors (Lipinski definition) is 5. The van der Waals surface area contributed by atoms with Gasteiger partial charge in [-0.05, 0) is 19.3 Å². The third kappa shape index (κ3) is 22.2. The van der Waals surface area contributed by atoms with Crippen molar-refractivity contribution in [2.75, 3.05) is 13.2 Å². The van der Waals surface area contributed by atoms with Crippen LogP contribution in [0.4, 0.5) is 0 Å². The van der Waals surface area contributed by atoms with Crippen molar-refractivity contribution in [2.24, 2.45) is 0 Å². The molecule has 0 radical (unpaired) electrons. The van der Waals surface area contributed by atoms with E-state index in [0.29, 0.717) is 19.4 Å². The van der Waals surface area contributed by atoms with Gasteiger partial charge in [-0.2, -0.15) is 0 Å². The largest absolute Gasteiger partial charge is 0.499 e. The fourth-order valence-corrected chi connectivity index (χ4v) is 3.81. The van der Waals surface area contributed by atoms with E-state index in [4.69, 9.17) is 10.2 Å². The molecule has 0 aliphatic carbocycles. The summed E-state index contributed by atoms with van der Waals surface area (Å²) in [7, 11) is -4.28. The second kappa shape index (κ2) is 21.8. The van der Waals surface area contributed by atoms with Crippen LogP contribution >= 0.6 is 7.82 Å². The molecule has 0 aromatic heterocycles. The van der Waals surface area contributed by atoms with E-state index < -0.39 is 7.82 Å². The quantitative estimate of drug-likeness (QED) is 0.0687. The summed E-state index contributed by atoms with van der Waals surface area (Å²) in [6.45, 7) is 2.98. The van der Waals surface area contributed by atoms with Crippen molar-refractivity contribution in [1.82, 2.24) is 5.32 Å². The summed E-state index contributed by atoms with van der Waals surface area (Å²) in [6, 6.07) is 0. The van der Waals surface area contributed by atoms with Crippen molar-refractivity contribution in [2.45, 2.75) is 122 Å². The number of amides is 1. The third-order valence-corrected chi connectivity index (χ3v) is 5.97. The van der Waals surface area contributed by atoms with Crippen LogP contribution in [0.5, 0.6) is 0 Å². The molecular weight excluding hydrogens is 405 g/mol. The minimum atomic E-state index is -4.28. The highest BCUT2D eigenvalue weighted by molar-refractivity contribution is 7.47. The van der Waals surface area contributed by atoms with Gasteiger partial charge in [0.2, 0.25) is 5.91 Å². The molecule has 180 valence electrons. The van der Waals surface area contributed by atoms with Crippen molar-refractivity contribution in [3.63, 3.8) is 0 Å². The van der Waals surface area contributed by atoms with Gasteiger partial charge in [0.05, 0.1) is 6.61 Å². The van der Waals surface area contributed by atoms with Crippen LogP contribution in [-0.2, 0) is 18.6 Å². The van der Waals surface area contributed by atoms with Crippen molar-refractivity contribution < 1.29 is 28.7 Å². The van der Waals surface area contributed by atoms with Crippen LogP contribution in [0, 0.1) is 0 Å². The molecule has 30 heavy (non-hydrogen) atoms. The maximum absolute atomic E-state index is 11.8. The first kappa shape index (κ1) is 29.5. The average molecular weight is 452 g/mol. The monoisotopic (exact) mass is 451 g/mol. The lowest BCUT2D eigenvalue weighted by Crippen LogP contribution is -2.23. The van der Waals surface area contributed by atoms with Crippen molar-refractivity contribution in [3.05, 3.63) is 0 Å². The van der Waals surface area contributed by atoms with Gasteiger partial charge in [-0.3, -0.25) is 9.32 Å². The zero-order chi connectivity index (χ0) is 22.3. The molecule has 0 saturated heterocycles. The fraction of sp³-hybridized carbons (Fsp3) is 0.955. The van der Waals surface area contributed by atoms with E-state index >= 15 is 0 Å².